The van der Waals surface area contributed by atoms with Crippen molar-refractivity contribution in [2.24, 2.45) is 0 Å². The van der Waals surface area contributed by atoms with Crippen molar-refractivity contribution in [2.75, 3.05) is 91.2 Å². The van der Waals surface area contributed by atoms with Crippen molar-refractivity contribution in [1.29, 1.82) is 15.8 Å². The van der Waals surface area contributed by atoms with Crippen molar-refractivity contribution in [3.8, 4) is 18.2 Å². The number of benzene rings is 3. The molecule has 0 radical (unpaired) electrons. The number of aryl methyl sites for hydroxylation is 3. The third-order valence-corrected chi connectivity index (χ3v) is 12.9. The third kappa shape index (κ3) is 13.5. The molecule has 3 atom stereocenters. The normalized spacial score (nSPS) is 18.0. The van der Waals surface area contributed by atoms with E-state index in [-0.39, 0.29) is 36.0 Å². The summed E-state index contributed by atoms with van der Waals surface area (Å²) in [7, 11) is 0. The van der Waals surface area contributed by atoms with Gasteiger partial charge in [0.1, 0.15) is 17.5 Å². The maximum atomic E-state index is 9.02. The van der Waals surface area contributed by atoms with Crippen molar-refractivity contribution in [2.45, 2.75) is 58.2 Å². The highest BCUT2D eigenvalue weighted by Crippen LogP contribution is 2.37. The van der Waals surface area contributed by atoms with E-state index in [2.05, 4.69) is 62.8 Å². The average Bonchev–Trinajstić information content (AvgIpc) is 3.86. The predicted molar refractivity (Wildman–Crippen MR) is 279 cm³/mol. The molecule has 72 heavy (non-hydrogen) atoms. The first-order valence-corrected chi connectivity index (χ1v) is 24.3. The van der Waals surface area contributed by atoms with E-state index in [1.165, 1.54) is 0 Å². The highest BCUT2D eigenvalue weighted by Gasteiger charge is 2.30. The minimum atomic E-state index is -0.0959. The van der Waals surface area contributed by atoms with Crippen LogP contribution in [0.5, 0.6) is 0 Å². The molecule has 6 aromatic rings. The van der Waals surface area contributed by atoms with E-state index < -0.39 is 0 Å². The number of nitrogen functional groups attached to an aromatic ring is 3. The Morgan fingerprint density at radius 1 is 0.458 bits per heavy atom. The van der Waals surface area contributed by atoms with Gasteiger partial charge in [-0.15, -0.1) is 0 Å². The average molecular weight is 1030 g/mol. The van der Waals surface area contributed by atoms with E-state index in [9.17, 15) is 0 Å². The first-order chi connectivity index (χ1) is 34.7. The fourth-order valence-electron chi connectivity index (χ4n) is 8.69. The molecule has 6 N–H and O–H groups in total. The molecule has 21 heteroatoms. The van der Waals surface area contributed by atoms with Crippen molar-refractivity contribution in [3.05, 3.63) is 138 Å². The molecule has 0 amide bonds. The molecule has 3 aromatic heterocycles. The summed E-state index contributed by atoms with van der Waals surface area (Å²) >= 11 is 19.3. The highest BCUT2D eigenvalue weighted by molar-refractivity contribution is 6.32. The molecule has 0 saturated carbocycles. The van der Waals surface area contributed by atoms with E-state index >= 15 is 0 Å². The van der Waals surface area contributed by atoms with Gasteiger partial charge in [-0.25, -0.2) is 15.0 Å². The van der Waals surface area contributed by atoms with Crippen LogP contribution in [0.2, 0.25) is 15.1 Å². The molecular weight excluding hydrogens is 977 g/mol. The zero-order valence-corrected chi connectivity index (χ0v) is 42.4. The Kier molecular flexibility index (Phi) is 18.2. The summed E-state index contributed by atoms with van der Waals surface area (Å²) in [5, 5.41) is 28.7. The zero-order chi connectivity index (χ0) is 51.3. The Bertz CT molecular complexity index is 2620. The van der Waals surface area contributed by atoms with Gasteiger partial charge in [0, 0.05) is 89.8 Å². The second-order valence-electron chi connectivity index (χ2n) is 17.1. The van der Waals surface area contributed by atoms with Gasteiger partial charge in [-0.1, -0.05) is 53.0 Å². The molecule has 3 aliphatic heterocycles. The molecule has 3 fully saturated rings. The smallest absolute Gasteiger partial charge is 0.222 e. The van der Waals surface area contributed by atoms with Gasteiger partial charge in [-0.2, -0.15) is 30.7 Å². The first kappa shape index (κ1) is 52.7. The minimum absolute atomic E-state index is 0.0959. The maximum absolute atomic E-state index is 9.02. The molecule has 0 aliphatic carbocycles. The lowest BCUT2D eigenvalue weighted by molar-refractivity contribution is 0.134. The fourth-order valence-corrected chi connectivity index (χ4v) is 9.61. The van der Waals surface area contributed by atoms with Crippen LogP contribution in [0.4, 0.5) is 35.3 Å². The SMILES string of the molecule is Cc1cc(N2CCCOCC2c2ccc(C#N)cc2Cl)nc(N)n1.Cc1cc(N2CCCOC[C@@H]2c2ccc(C#N)cc2Cl)nc(N)n1.Cc1cc(N2CCCOC[C@H]2c2ccc(C#N)cc2Cl)nc(N)n1. The number of nitriles is 3. The molecular formula is C51H54Cl3N15O3. The third-order valence-electron chi connectivity index (χ3n) is 11.9. The lowest BCUT2D eigenvalue weighted by Gasteiger charge is -2.31. The summed E-state index contributed by atoms with van der Waals surface area (Å²) in [6.07, 6.45) is 2.65. The van der Waals surface area contributed by atoms with Gasteiger partial charge >= 0.3 is 0 Å². The predicted octanol–water partition coefficient (Wildman–Crippen LogP) is 8.58. The number of aromatic nitrogens is 6. The number of anilines is 6. The van der Waals surface area contributed by atoms with E-state index in [0.29, 0.717) is 71.4 Å². The number of halogens is 3. The Balaban J connectivity index is 0.000000158. The van der Waals surface area contributed by atoms with Crippen molar-refractivity contribution >= 4 is 70.1 Å². The van der Waals surface area contributed by atoms with Crippen molar-refractivity contribution < 1.29 is 14.2 Å². The van der Waals surface area contributed by atoms with Gasteiger partial charge in [0.05, 0.1) is 72.8 Å². The summed E-state index contributed by atoms with van der Waals surface area (Å²) in [5.41, 5.74) is 24.2. The summed E-state index contributed by atoms with van der Waals surface area (Å²) in [6, 6.07) is 27.7. The molecule has 18 nitrogen and oxygen atoms in total. The number of hydrogen-bond acceptors (Lipinski definition) is 18. The lowest BCUT2D eigenvalue weighted by Crippen LogP contribution is -2.32. The number of nitrogens with zero attached hydrogens (tertiary/aromatic N) is 12. The first-order valence-electron chi connectivity index (χ1n) is 23.2. The van der Waals surface area contributed by atoms with E-state index in [0.717, 1.165) is 90.1 Å². The highest BCUT2D eigenvalue weighted by atomic mass is 35.5. The molecule has 3 saturated heterocycles. The maximum Gasteiger partial charge on any atom is 0.222 e. The molecule has 0 bridgehead atoms. The van der Waals surface area contributed by atoms with E-state index in [4.69, 9.17) is 82.0 Å². The molecule has 372 valence electrons. The van der Waals surface area contributed by atoms with Crippen LogP contribution in [0.3, 0.4) is 0 Å². The Labute approximate surface area is 433 Å². The van der Waals surface area contributed by atoms with Gasteiger partial charge in [0.2, 0.25) is 17.8 Å². The number of ether oxygens (including phenoxy) is 3. The van der Waals surface area contributed by atoms with Crippen LogP contribution in [0, 0.1) is 54.8 Å². The minimum Gasteiger partial charge on any atom is -0.379 e. The summed E-state index contributed by atoms with van der Waals surface area (Å²) < 4.78 is 17.2. The second kappa shape index (κ2) is 24.8. The fraction of sp³-hybridized carbons (Fsp3) is 0.353. The summed E-state index contributed by atoms with van der Waals surface area (Å²) in [6.45, 7) is 11.5. The Morgan fingerprint density at radius 2 is 0.736 bits per heavy atom. The molecule has 1 unspecified atom stereocenters. The van der Waals surface area contributed by atoms with Crippen molar-refractivity contribution in [1.82, 2.24) is 29.9 Å². The Hall–Kier alpha value is -7.08. The second-order valence-corrected chi connectivity index (χ2v) is 18.4. The van der Waals surface area contributed by atoms with E-state index in [1.54, 1.807) is 36.4 Å². The lowest BCUT2D eigenvalue weighted by atomic mass is 10.0. The topological polar surface area (TPSA) is 264 Å². The molecule has 6 heterocycles. The van der Waals surface area contributed by atoms with Crippen LogP contribution >= 0.6 is 34.8 Å². The number of hydrogen-bond donors (Lipinski definition) is 3. The summed E-state index contributed by atoms with van der Waals surface area (Å²) in [5.74, 6) is 3.03. The monoisotopic (exact) mass is 1030 g/mol. The van der Waals surface area contributed by atoms with Gasteiger partial charge in [-0.3, -0.25) is 0 Å². The van der Waals surface area contributed by atoms with Crippen molar-refractivity contribution in [3.63, 3.8) is 0 Å². The molecule has 9 rings (SSSR count). The van der Waals surface area contributed by atoms with Crippen LogP contribution in [0.1, 0.15) is 87.9 Å². The van der Waals surface area contributed by atoms with E-state index in [1.807, 2.05) is 57.2 Å². The van der Waals surface area contributed by atoms with Gasteiger partial charge in [-0.05, 0) is 93.1 Å². The quantitative estimate of drug-likeness (QED) is 0.141. The van der Waals surface area contributed by atoms with Gasteiger partial charge in [0.15, 0.2) is 0 Å². The van der Waals surface area contributed by atoms with Crippen LogP contribution < -0.4 is 31.9 Å². The largest absolute Gasteiger partial charge is 0.379 e. The van der Waals surface area contributed by atoms with Gasteiger partial charge in [0.25, 0.3) is 0 Å². The molecule has 3 aliphatic rings. The standard InChI is InChI=1S/3C17H18ClN5O/c3*1-11-7-16(22-17(20)21-11)23-5-2-6-24-10-15(23)13-4-3-12(9-19)8-14(13)18/h3*3-4,7-8,15H,2,5-6,10H2,1H3,(H2,20,21,22)/t2*15-;/m10./s1. The number of nitrogens with two attached hydrogens (primary N) is 3. The van der Waals surface area contributed by atoms with Crippen LogP contribution in [-0.2, 0) is 14.2 Å². The zero-order valence-electron chi connectivity index (χ0n) is 40.1. The number of rotatable bonds is 6. The van der Waals surface area contributed by atoms with Crippen LogP contribution in [0.15, 0.2) is 72.8 Å². The molecule has 3 aromatic carbocycles. The van der Waals surface area contributed by atoms with Gasteiger partial charge < -0.3 is 46.1 Å². The van der Waals surface area contributed by atoms with Crippen LogP contribution in [0.25, 0.3) is 0 Å². The summed E-state index contributed by atoms with van der Waals surface area (Å²) in [4.78, 5) is 32.0. The van der Waals surface area contributed by atoms with Crippen LogP contribution in [-0.4, -0.2) is 89.2 Å². The molecule has 0 spiro atoms. The Morgan fingerprint density at radius 3 is 0.972 bits per heavy atom.